The molecule has 2 atom stereocenters. The number of rotatable bonds is 9. The van der Waals surface area contributed by atoms with Gasteiger partial charge in [-0.25, -0.2) is 4.99 Å². The molecule has 44 heavy (non-hydrogen) atoms. The van der Waals surface area contributed by atoms with Crippen molar-refractivity contribution >= 4 is 35.2 Å². The zero-order valence-corrected chi connectivity index (χ0v) is 28.1. The van der Waals surface area contributed by atoms with Gasteiger partial charge in [0.1, 0.15) is 23.0 Å². The number of aliphatic imine (C=N–C) groups is 1. The molecule has 2 amide bonds. The van der Waals surface area contributed by atoms with Crippen LogP contribution in [0.4, 0.5) is 5.69 Å². The number of benzene rings is 1. The van der Waals surface area contributed by atoms with Crippen molar-refractivity contribution in [1.82, 2.24) is 10.6 Å². The number of esters is 2. The number of carbonyl (C=O) groups is 4. The normalized spacial score (nSPS) is 18.5. The Bertz CT molecular complexity index is 1330. The zero-order chi connectivity index (χ0) is 32.8. The molecule has 9 heteroatoms. The average molecular weight is 610 g/mol. The number of amides is 2. The maximum absolute atomic E-state index is 13.1. The van der Waals surface area contributed by atoms with Crippen LogP contribution in [0.3, 0.4) is 0 Å². The summed E-state index contributed by atoms with van der Waals surface area (Å²) < 4.78 is 11.1. The number of aryl methyl sites for hydroxylation is 2. The van der Waals surface area contributed by atoms with Crippen molar-refractivity contribution in [3.8, 4) is 0 Å². The molecule has 9 nitrogen and oxygen atoms in total. The van der Waals surface area contributed by atoms with Crippen molar-refractivity contribution in [3.05, 3.63) is 40.0 Å². The van der Waals surface area contributed by atoms with E-state index in [1.807, 2.05) is 61.5 Å². The van der Waals surface area contributed by atoms with Gasteiger partial charge in [-0.15, -0.1) is 0 Å². The zero-order valence-electron chi connectivity index (χ0n) is 28.1. The third-order valence-corrected chi connectivity index (χ3v) is 7.92. The van der Waals surface area contributed by atoms with Gasteiger partial charge in [0.2, 0.25) is 5.91 Å². The first kappa shape index (κ1) is 35.2. The third-order valence-electron chi connectivity index (χ3n) is 7.92. The fraction of sp³-hybridized carbons (Fsp3) is 0.629. The molecule has 3 rings (SSSR count). The number of nitrogens with one attached hydrogen (secondary N) is 2. The monoisotopic (exact) mass is 609 g/mol. The van der Waals surface area contributed by atoms with Crippen molar-refractivity contribution in [2.75, 3.05) is 6.54 Å². The molecule has 0 aromatic heterocycles. The number of ether oxygens (including phenoxy) is 2. The molecule has 0 spiro atoms. The van der Waals surface area contributed by atoms with E-state index in [1.165, 1.54) is 0 Å². The van der Waals surface area contributed by atoms with Crippen LogP contribution in [0.15, 0.2) is 28.3 Å². The Morgan fingerprint density at radius 2 is 1.64 bits per heavy atom. The standard InChI is InChI=1S/C35H51N3O6/c1-21-12-16-29(39)38-32(41)31-25(21)14-13-24(26-19-22(2)23(3)20-28(26)37-31)11-10-18-36-27(33(42)44-35(7,8)9)15-17-30(40)43-34(4,5)6/h19-20,24,27,36H,10-18H2,1-9H3,(H,38,39,41). The van der Waals surface area contributed by atoms with Crippen molar-refractivity contribution < 1.29 is 28.7 Å². The van der Waals surface area contributed by atoms with Crippen LogP contribution in [-0.2, 0) is 28.7 Å². The first-order valence-electron chi connectivity index (χ1n) is 15.8. The largest absolute Gasteiger partial charge is 0.460 e. The van der Waals surface area contributed by atoms with E-state index in [2.05, 4.69) is 23.6 Å². The highest BCUT2D eigenvalue weighted by atomic mass is 16.6. The summed E-state index contributed by atoms with van der Waals surface area (Å²) in [4.78, 5) is 55.6. The highest BCUT2D eigenvalue weighted by molar-refractivity contribution is 6.48. The summed E-state index contributed by atoms with van der Waals surface area (Å²) in [7, 11) is 0. The van der Waals surface area contributed by atoms with Gasteiger partial charge in [0.25, 0.3) is 5.91 Å². The van der Waals surface area contributed by atoms with Crippen LogP contribution < -0.4 is 10.6 Å². The van der Waals surface area contributed by atoms with Gasteiger partial charge < -0.3 is 14.8 Å². The van der Waals surface area contributed by atoms with E-state index in [0.29, 0.717) is 25.1 Å². The van der Waals surface area contributed by atoms with Gasteiger partial charge in [0.15, 0.2) is 0 Å². The van der Waals surface area contributed by atoms with Gasteiger partial charge in [-0.2, -0.15) is 0 Å². The van der Waals surface area contributed by atoms with Gasteiger partial charge in [0.05, 0.1) is 5.69 Å². The second-order valence-corrected chi connectivity index (χ2v) is 14.1. The van der Waals surface area contributed by atoms with Gasteiger partial charge >= 0.3 is 11.9 Å². The minimum atomic E-state index is -0.644. The van der Waals surface area contributed by atoms with E-state index in [4.69, 9.17) is 14.5 Å². The van der Waals surface area contributed by atoms with Crippen LogP contribution in [-0.4, -0.2) is 53.3 Å². The smallest absolute Gasteiger partial charge is 0.323 e. The summed E-state index contributed by atoms with van der Waals surface area (Å²) in [5.41, 5.74) is 5.16. The predicted molar refractivity (Wildman–Crippen MR) is 172 cm³/mol. The molecule has 0 radical (unpaired) electrons. The predicted octanol–water partition coefficient (Wildman–Crippen LogP) is 6.21. The van der Waals surface area contributed by atoms with Gasteiger partial charge in [0, 0.05) is 12.8 Å². The van der Waals surface area contributed by atoms with Crippen molar-refractivity contribution in [3.63, 3.8) is 0 Å². The minimum Gasteiger partial charge on any atom is -0.460 e. The van der Waals surface area contributed by atoms with Crippen molar-refractivity contribution in [2.45, 2.75) is 137 Å². The molecule has 2 heterocycles. The van der Waals surface area contributed by atoms with Crippen LogP contribution in [0.1, 0.15) is 122 Å². The van der Waals surface area contributed by atoms with Crippen LogP contribution in [0.25, 0.3) is 0 Å². The molecule has 2 N–H and O–H groups in total. The van der Waals surface area contributed by atoms with E-state index < -0.39 is 23.2 Å². The Balaban J connectivity index is 1.79. The molecule has 242 valence electrons. The lowest BCUT2D eigenvalue weighted by Gasteiger charge is -2.27. The molecule has 2 aliphatic rings. The number of imide groups is 1. The number of nitrogens with zero attached hydrogens (tertiary/aromatic N) is 1. The molecular weight excluding hydrogens is 558 g/mol. The Morgan fingerprint density at radius 1 is 0.977 bits per heavy atom. The van der Waals surface area contributed by atoms with Crippen LogP contribution in [0, 0.1) is 13.8 Å². The average Bonchev–Trinajstić information content (AvgIpc) is 2.87. The SMILES string of the molecule is CC1=C2CCC(CCCNC(CCC(=O)OC(C)(C)C)C(=O)OC(C)(C)C)c3cc(C)c(C)cc3N=C2C(=O)NC(=O)CC1. The summed E-state index contributed by atoms with van der Waals surface area (Å²) >= 11 is 0. The number of fused-ring (bicyclic) bond motifs is 2. The Kier molecular flexibility index (Phi) is 11.7. The summed E-state index contributed by atoms with van der Waals surface area (Å²) in [5.74, 6) is -1.25. The molecule has 0 saturated carbocycles. The number of hydrogen-bond acceptors (Lipinski definition) is 8. The van der Waals surface area contributed by atoms with Gasteiger partial charge in [-0.05, 0) is 142 Å². The number of hydrogen-bond donors (Lipinski definition) is 2. The van der Waals surface area contributed by atoms with Crippen molar-refractivity contribution in [2.24, 2.45) is 4.99 Å². The first-order chi connectivity index (χ1) is 20.4. The summed E-state index contributed by atoms with van der Waals surface area (Å²) in [5, 5.41) is 5.85. The quantitative estimate of drug-likeness (QED) is 0.194. The van der Waals surface area contributed by atoms with Gasteiger partial charge in [-0.3, -0.25) is 24.5 Å². The first-order valence-corrected chi connectivity index (χ1v) is 15.8. The van der Waals surface area contributed by atoms with Gasteiger partial charge in [-0.1, -0.05) is 11.6 Å². The summed E-state index contributed by atoms with van der Waals surface area (Å²) in [6, 6.07) is 3.57. The summed E-state index contributed by atoms with van der Waals surface area (Å²) in [6.45, 7) is 17.6. The van der Waals surface area contributed by atoms with E-state index >= 15 is 0 Å². The fourth-order valence-electron chi connectivity index (χ4n) is 5.59. The fourth-order valence-corrected chi connectivity index (χ4v) is 5.59. The second-order valence-electron chi connectivity index (χ2n) is 14.1. The number of carbonyl (C=O) groups excluding carboxylic acids is 4. The number of allylic oxidation sites excluding steroid dienone is 1. The van der Waals surface area contributed by atoms with Crippen LogP contribution in [0.5, 0.6) is 0 Å². The molecule has 0 bridgehead atoms. The van der Waals surface area contributed by atoms with Crippen molar-refractivity contribution in [1.29, 1.82) is 0 Å². The van der Waals surface area contributed by atoms with Crippen LogP contribution >= 0.6 is 0 Å². The maximum atomic E-state index is 13.1. The van der Waals surface area contributed by atoms with E-state index in [-0.39, 0.29) is 43.0 Å². The molecule has 0 aliphatic carbocycles. The maximum Gasteiger partial charge on any atom is 0.323 e. The minimum absolute atomic E-state index is 0.108. The third kappa shape index (κ3) is 10.4. The lowest BCUT2D eigenvalue weighted by Crippen LogP contribution is -2.42. The molecule has 2 aliphatic heterocycles. The second kappa shape index (κ2) is 14.6. The Morgan fingerprint density at radius 3 is 2.30 bits per heavy atom. The molecule has 0 fully saturated rings. The summed E-state index contributed by atoms with van der Waals surface area (Å²) in [6.07, 6.45) is 4.41. The highest BCUT2D eigenvalue weighted by Gasteiger charge is 2.30. The molecule has 1 aromatic rings. The Labute approximate surface area is 262 Å². The topological polar surface area (TPSA) is 123 Å². The van der Waals surface area contributed by atoms with E-state index in [1.54, 1.807) is 0 Å². The Hall–Kier alpha value is -3.33. The highest BCUT2D eigenvalue weighted by Crippen LogP contribution is 2.39. The van der Waals surface area contributed by atoms with E-state index in [0.717, 1.165) is 52.8 Å². The molecule has 0 saturated heterocycles. The lowest BCUT2D eigenvalue weighted by molar-refractivity contribution is -0.159. The van der Waals surface area contributed by atoms with Crippen LogP contribution in [0.2, 0.25) is 0 Å². The lowest BCUT2D eigenvalue weighted by atomic mass is 9.82. The molecule has 1 aromatic carbocycles. The van der Waals surface area contributed by atoms with E-state index in [9.17, 15) is 19.2 Å². The molecule has 2 unspecified atom stereocenters. The molecular formula is C35H51N3O6.